The molecule has 1 aromatic carbocycles. The molecule has 0 fully saturated rings. The molecule has 5 heteroatoms. The van der Waals surface area contributed by atoms with Crippen LogP contribution in [0.5, 0.6) is 0 Å². The lowest BCUT2D eigenvalue weighted by Crippen LogP contribution is -2.06. The number of hydrogen-bond donors (Lipinski definition) is 2. The molecule has 0 saturated heterocycles. The molecule has 1 heterocycles. The number of nitrogens with zero attached hydrogens (tertiary/aromatic N) is 1. The van der Waals surface area contributed by atoms with E-state index in [0.717, 1.165) is 5.39 Å². The van der Waals surface area contributed by atoms with E-state index < -0.39 is 5.97 Å². The summed E-state index contributed by atoms with van der Waals surface area (Å²) in [5.74, 6) is -0.716. The van der Waals surface area contributed by atoms with Crippen LogP contribution >= 0.6 is 0 Å². The summed E-state index contributed by atoms with van der Waals surface area (Å²) < 4.78 is 13.7. The number of aliphatic carboxylic acids is 1. The van der Waals surface area contributed by atoms with Gasteiger partial charge in [-0.1, -0.05) is 12.1 Å². The molecule has 0 radical (unpaired) electrons. The first-order valence-electron chi connectivity index (χ1n) is 5.67. The lowest BCUT2D eigenvalue weighted by molar-refractivity contribution is -0.137. The summed E-state index contributed by atoms with van der Waals surface area (Å²) in [7, 11) is 0. The van der Waals surface area contributed by atoms with E-state index >= 15 is 0 Å². The average Bonchev–Trinajstić information content (AvgIpc) is 2.34. The summed E-state index contributed by atoms with van der Waals surface area (Å²) in [4.78, 5) is 14.5. The zero-order valence-electron chi connectivity index (χ0n) is 9.69. The van der Waals surface area contributed by atoms with E-state index in [0.29, 0.717) is 24.2 Å². The maximum Gasteiger partial charge on any atom is 0.303 e. The quantitative estimate of drug-likeness (QED) is 0.798. The SMILES string of the molecule is O=C(O)CCCNc1nccc2cccc(F)c12. The van der Waals surface area contributed by atoms with Crippen molar-refractivity contribution in [3.63, 3.8) is 0 Å². The van der Waals surface area contributed by atoms with Crippen LogP contribution in [0.3, 0.4) is 0 Å². The standard InChI is InChI=1S/C13H13FN2O2/c14-10-4-1-3-9-6-8-16-13(12(9)10)15-7-2-5-11(17)18/h1,3-4,6,8H,2,5,7H2,(H,15,16)(H,17,18). The van der Waals surface area contributed by atoms with Gasteiger partial charge in [-0.25, -0.2) is 9.37 Å². The van der Waals surface area contributed by atoms with Crippen LogP contribution in [0, 0.1) is 5.82 Å². The molecule has 0 spiro atoms. The summed E-state index contributed by atoms with van der Waals surface area (Å²) in [5, 5.41) is 12.7. The van der Waals surface area contributed by atoms with Gasteiger partial charge in [0.05, 0.1) is 5.39 Å². The third-order valence-corrected chi connectivity index (χ3v) is 2.60. The van der Waals surface area contributed by atoms with Crippen LogP contribution in [0.4, 0.5) is 10.2 Å². The molecule has 0 unspecified atom stereocenters. The van der Waals surface area contributed by atoms with E-state index in [2.05, 4.69) is 10.3 Å². The minimum Gasteiger partial charge on any atom is -0.481 e. The van der Waals surface area contributed by atoms with Crippen LogP contribution in [-0.2, 0) is 4.79 Å². The van der Waals surface area contributed by atoms with Crippen molar-refractivity contribution in [2.75, 3.05) is 11.9 Å². The fraction of sp³-hybridized carbons (Fsp3) is 0.231. The van der Waals surface area contributed by atoms with Gasteiger partial charge in [-0.3, -0.25) is 4.79 Å². The number of carbonyl (C=O) groups is 1. The fourth-order valence-corrected chi connectivity index (χ4v) is 1.77. The van der Waals surface area contributed by atoms with Gasteiger partial charge in [-0.05, 0) is 23.9 Å². The predicted molar refractivity (Wildman–Crippen MR) is 67.1 cm³/mol. The van der Waals surface area contributed by atoms with Crippen LogP contribution in [0.25, 0.3) is 10.8 Å². The highest BCUT2D eigenvalue weighted by Crippen LogP contribution is 2.23. The molecule has 0 aliphatic rings. The maximum atomic E-state index is 13.7. The highest BCUT2D eigenvalue weighted by atomic mass is 19.1. The highest BCUT2D eigenvalue weighted by Gasteiger charge is 2.06. The van der Waals surface area contributed by atoms with E-state index in [4.69, 9.17) is 5.11 Å². The molecule has 2 N–H and O–H groups in total. The van der Waals surface area contributed by atoms with Crippen molar-refractivity contribution < 1.29 is 14.3 Å². The first-order valence-corrected chi connectivity index (χ1v) is 5.67. The van der Waals surface area contributed by atoms with E-state index in [9.17, 15) is 9.18 Å². The van der Waals surface area contributed by atoms with Crippen molar-refractivity contribution in [2.24, 2.45) is 0 Å². The third-order valence-electron chi connectivity index (χ3n) is 2.60. The number of carboxylic acids is 1. The first-order chi connectivity index (χ1) is 8.68. The van der Waals surface area contributed by atoms with Gasteiger partial charge >= 0.3 is 5.97 Å². The number of anilines is 1. The van der Waals surface area contributed by atoms with E-state index in [1.165, 1.54) is 6.07 Å². The number of rotatable bonds is 5. The molecule has 0 saturated carbocycles. The largest absolute Gasteiger partial charge is 0.481 e. The van der Waals surface area contributed by atoms with E-state index in [-0.39, 0.29) is 12.2 Å². The molecule has 2 rings (SSSR count). The Morgan fingerprint density at radius 1 is 1.39 bits per heavy atom. The Hall–Kier alpha value is -2.17. The fourth-order valence-electron chi connectivity index (χ4n) is 1.77. The second kappa shape index (κ2) is 5.44. The minimum atomic E-state index is -0.839. The molecule has 4 nitrogen and oxygen atoms in total. The Labute approximate surface area is 103 Å². The van der Waals surface area contributed by atoms with Gasteiger partial charge in [0.2, 0.25) is 0 Å². The summed E-state index contributed by atoms with van der Waals surface area (Å²) >= 11 is 0. The van der Waals surface area contributed by atoms with Gasteiger partial charge < -0.3 is 10.4 Å². The Balaban J connectivity index is 2.15. The van der Waals surface area contributed by atoms with Crippen LogP contribution in [-0.4, -0.2) is 22.6 Å². The number of fused-ring (bicyclic) bond motifs is 1. The molecule has 0 amide bonds. The minimum absolute atomic E-state index is 0.0836. The van der Waals surface area contributed by atoms with E-state index in [1.807, 2.05) is 6.07 Å². The molecule has 0 bridgehead atoms. The number of hydrogen-bond acceptors (Lipinski definition) is 3. The molecular weight excluding hydrogens is 235 g/mol. The smallest absolute Gasteiger partial charge is 0.303 e. The van der Waals surface area contributed by atoms with Crippen LogP contribution in [0.2, 0.25) is 0 Å². The second-order valence-electron chi connectivity index (χ2n) is 3.92. The molecule has 18 heavy (non-hydrogen) atoms. The molecule has 0 aliphatic carbocycles. The summed E-state index contributed by atoms with van der Waals surface area (Å²) in [6.45, 7) is 0.451. The molecule has 0 atom stereocenters. The molecule has 94 valence electrons. The van der Waals surface area contributed by atoms with Gasteiger partial charge in [0.25, 0.3) is 0 Å². The summed E-state index contributed by atoms with van der Waals surface area (Å²) in [5.41, 5.74) is 0. The monoisotopic (exact) mass is 248 g/mol. The van der Waals surface area contributed by atoms with Gasteiger partial charge in [0.15, 0.2) is 0 Å². The van der Waals surface area contributed by atoms with Crippen molar-refractivity contribution in [3.8, 4) is 0 Å². The molecular formula is C13H13FN2O2. The Morgan fingerprint density at radius 2 is 2.22 bits per heavy atom. The second-order valence-corrected chi connectivity index (χ2v) is 3.92. The van der Waals surface area contributed by atoms with Crippen molar-refractivity contribution in [3.05, 3.63) is 36.3 Å². The van der Waals surface area contributed by atoms with Gasteiger partial charge in [0.1, 0.15) is 11.6 Å². The number of aromatic nitrogens is 1. The topological polar surface area (TPSA) is 62.2 Å². The van der Waals surface area contributed by atoms with Gasteiger partial charge in [-0.2, -0.15) is 0 Å². The van der Waals surface area contributed by atoms with Crippen LogP contribution in [0.15, 0.2) is 30.5 Å². The van der Waals surface area contributed by atoms with Crippen molar-refractivity contribution in [1.29, 1.82) is 0 Å². The zero-order valence-corrected chi connectivity index (χ0v) is 9.69. The number of nitrogens with one attached hydrogen (secondary N) is 1. The Kier molecular flexibility index (Phi) is 3.72. The highest BCUT2D eigenvalue weighted by molar-refractivity contribution is 5.92. The Morgan fingerprint density at radius 3 is 3.00 bits per heavy atom. The van der Waals surface area contributed by atoms with Crippen molar-refractivity contribution in [2.45, 2.75) is 12.8 Å². The van der Waals surface area contributed by atoms with Crippen LogP contribution in [0.1, 0.15) is 12.8 Å². The molecule has 1 aromatic heterocycles. The number of pyridine rings is 1. The first kappa shape index (κ1) is 12.3. The normalized spacial score (nSPS) is 10.5. The van der Waals surface area contributed by atoms with E-state index in [1.54, 1.807) is 18.3 Å². The molecule has 0 aliphatic heterocycles. The number of halogens is 1. The summed E-state index contributed by atoms with van der Waals surface area (Å²) in [6, 6.07) is 6.57. The van der Waals surface area contributed by atoms with Gasteiger partial charge in [-0.15, -0.1) is 0 Å². The molecule has 2 aromatic rings. The number of carboxylic acid groups (broad SMARTS) is 1. The van der Waals surface area contributed by atoms with Gasteiger partial charge in [0, 0.05) is 19.2 Å². The van der Waals surface area contributed by atoms with Crippen molar-refractivity contribution >= 4 is 22.6 Å². The van der Waals surface area contributed by atoms with Crippen molar-refractivity contribution in [1.82, 2.24) is 4.98 Å². The van der Waals surface area contributed by atoms with Crippen LogP contribution < -0.4 is 5.32 Å². The third kappa shape index (κ3) is 2.74. The maximum absolute atomic E-state index is 13.7. The predicted octanol–water partition coefficient (Wildman–Crippen LogP) is 2.65. The Bertz CT molecular complexity index is 567. The zero-order chi connectivity index (χ0) is 13.0. The summed E-state index contributed by atoms with van der Waals surface area (Å²) in [6.07, 6.45) is 2.16. The lowest BCUT2D eigenvalue weighted by Gasteiger charge is -2.08. The average molecular weight is 248 g/mol. The lowest BCUT2D eigenvalue weighted by atomic mass is 10.1. The number of benzene rings is 1.